The van der Waals surface area contributed by atoms with Crippen molar-refractivity contribution in [2.75, 3.05) is 0 Å². The summed E-state index contributed by atoms with van der Waals surface area (Å²) in [5.74, 6) is -0.0935. The van der Waals surface area contributed by atoms with Crippen molar-refractivity contribution in [1.29, 1.82) is 0 Å². The molecule has 1 aromatic heterocycles. The van der Waals surface area contributed by atoms with Gasteiger partial charge in [0.2, 0.25) is 0 Å². The highest BCUT2D eigenvalue weighted by atomic mass is 35.5. The van der Waals surface area contributed by atoms with E-state index in [2.05, 4.69) is 10.1 Å². The summed E-state index contributed by atoms with van der Waals surface area (Å²) in [5, 5.41) is 14.0. The number of hydrogen-bond acceptors (Lipinski definition) is 4. The minimum Gasteiger partial charge on any atom is -0.258 e. The van der Waals surface area contributed by atoms with Crippen LogP contribution in [-0.2, 0) is 0 Å². The predicted octanol–water partition coefficient (Wildman–Crippen LogP) is 2.90. The van der Waals surface area contributed by atoms with Crippen LogP contribution < -0.4 is 0 Å². The van der Waals surface area contributed by atoms with Crippen LogP contribution >= 0.6 is 11.6 Å². The molecule has 0 aliphatic rings. The maximum Gasteiger partial charge on any atom is 0.334 e. The minimum atomic E-state index is -2.83. The van der Waals surface area contributed by atoms with E-state index >= 15 is 0 Å². The van der Waals surface area contributed by atoms with E-state index in [4.69, 9.17) is 11.6 Å². The summed E-state index contributed by atoms with van der Waals surface area (Å²) in [6.07, 6.45) is 0.829. The van der Waals surface area contributed by atoms with Crippen LogP contribution in [0.2, 0.25) is 5.02 Å². The van der Waals surface area contributed by atoms with Gasteiger partial charge in [0.05, 0.1) is 4.92 Å². The van der Waals surface area contributed by atoms with Gasteiger partial charge in [-0.25, -0.2) is 4.98 Å². The van der Waals surface area contributed by atoms with Gasteiger partial charge in [-0.15, -0.1) is 5.10 Å². The van der Waals surface area contributed by atoms with Crippen molar-refractivity contribution in [3.8, 4) is 11.4 Å². The highest BCUT2D eigenvalue weighted by Gasteiger charge is 2.19. The van der Waals surface area contributed by atoms with Crippen LogP contribution in [-0.4, -0.2) is 19.7 Å². The van der Waals surface area contributed by atoms with Crippen molar-refractivity contribution in [1.82, 2.24) is 14.8 Å². The van der Waals surface area contributed by atoms with E-state index in [9.17, 15) is 18.9 Å². The first kappa shape index (κ1) is 12.4. The van der Waals surface area contributed by atoms with E-state index in [0.29, 0.717) is 4.68 Å². The van der Waals surface area contributed by atoms with Gasteiger partial charge < -0.3 is 0 Å². The Balaban J connectivity index is 2.50. The summed E-state index contributed by atoms with van der Waals surface area (Å²) in [6.45, 7) is -2.83. The Kier molecular flexibility index (Phi) is 3.19. The lowest BCUT2D eigenvalue weighted by atomic mass is 10.2. The lowest BCUT2D eigenvalue weighted by Gasteiger charge is -2.00. The fraction of sp³-hybridized carbons (Fsp3) is 0.111. The summed E-state index contributed by atoms with van der Waals surface area (Å²) < 4.78 is 25.0. The van der Waals surface area contributed by atoms with E-state index in [1.54, 1.807) is 0 Å². The summed E-state index contributed by atoms with van der Waals surface area (Å²) in [5.41, 5.74) is -0.201. The third-order valence-electron chi connectivity index (χ3n) is 2.12. The Labute approximate surface area is 104 Å². The molecule has 0 N–H and O–H groups in total. The second-order valence-electron chi connectivity index (χ2n) is 3.22. The quantitative estimate of drug-likeness (QED) is 0.637. The monoisotopic (exact) mass is 274 g/mol. The molecule has 0 amide bonds. The van der Waals surface area contributed by atoms with E-state index < -0.39 is 11.5 Å². The standard InChI is InChI=1S/C9H5ClF2N4O2/c10-7-5(2-1-3-6(7)16(17)18)8-13-4-15(14-8)9(11)12/h1-4,9H. The minimum absolute atomic E-state index is 0.0935. The Bertz CT molecular complexity index is 602. The molecule has 0 saturated carbocycles. The van der Waals surface area contributed by atoms with Crippen LogP contribution in [0.15, 0.2) is 24.5 Å². The van der Waals surface area contributed by atoms with Crippen LogP contribution in [0.5, 0.6) is 0 Å². The maximum absolute atomic E-state index is 12.3. The molecule has 1 heterocycles. The molecule has 18 heavy (non-hydrogen) atoms. The molecule has 9 heteroatoms. The molecule has 1 aromatic carbocycles. The zero-order chi connectivity index (χ0) is 13.3. The summed E-state index contributed by atoms with van der Waals surface area (Å²) >= 11 is 5.81. The molecule has 6 nitrogen and oxygen atoms in total. The number of nitro benzene ring substituents is 1. The molecule has 0 bridgehead atoms. The first-order valence-electron chi connectivity index (χ1n) is 4.63. The SMILES string of the molecule is O=[N+]([O-])c1cccc(-c2ncn(C(F)F)n2)c1Cl. The van der Waals surface area contributed by atoms with Gasteiger partial charge in [-0.2, -0.15) is 13.5 Å². The van der Waals surface area contributed by atoms with Crippen LogP contribution in [0.4, 0.5) is 14.5 Å². The number of aromatic nitrogens is 3. The van der Waals surface area contributed by atoms with E-state index in [1.807, 2.05) is 0 Å². The number of rotatable bonds is 3. The second-order valence-corrected chi connectivity index (χ2v) is 3.60. The molecular formula is C9H5ClF2N4O2. The summed E-state index contributed by atoms with van der Waals surface area (Å²) in [4.78, 5) is 13.6. The zero-order valence-corrected chi connectivity index (χ0v) is 9.38. The first-order chi connectivity index (χ1) is 8.50. The average molecular weight is 275 g/mol. The maximum atomic E-state index is 12.3. The van der Waals surface area contributed by atoms with Crippen LogP contribution in [0.3, 0.4) is 0 Å². The number of hydrogen-bond donors (Lipinski definition) is 0. The first-order valence-corrected chi connectivity index (χ1v) is 5.01. The molecule has 2 rings (SSSR count). The molecule has 0 atom stereocenters. The number of nitro groups is 1. The number of benzene rings is 1. The highest BCUT2D eigenvalue weighted by molar-refractivity contribution is 6.35. The van der Waals surface area contributed by atoms with Gasteiger partial charge in [0, 0.05) is 11.6 Å². The van der Waals surface area contributed by atoms with Crippen molar-refractivity contribution in [3.05, 3.63) is 39.7 Å². The molecule has 94 valence electrons. The summed E-state index contributed by atoms with van der Waals surface area (Å²) in [7, 11) is 0. The van der Waals surface area contributed by atoms with Crippen molar-refractivity contribution in [2.45, 2.75) is 6.55 Å². The topological polar surface area (TPSA) is 73.8 Å². The van der Waals surface area contributed by atoms with Gasteiger partial charge in [-0.05, 0) is 6.07 Å². The van der Waals surface area contributed by atoms with Crippen molar-refractivity contribution < 1.29 is 13.7 Å². The van der Waals surface area contributed by atoms with E-state index in [0.717, 1.165) is 6.33 Å². The van der Waals surface area contributed by atoms with E-state index in [1.165, 1.54) is 18.2 Å². The van der Waals surface area contributed by atoms with Gasteiger partial charge in [0.1, 0.15) is 11.3 Å². The Morgan fingerprint density at radius 1 is 1.44 bits per heavy atom. The van der Waals surface area contributed by atoms with Crippen LogP contribution in [0.1, 0.15) is 6.55 Å². The lowest BCUT2D eigenvalue weighted by Crippen LogP contribution is -1.98. The van der Waals surface area contributed by atoms with Crippen molar-refractivity contribution in [3.63, 3.8) is 0 Å². The molecule has 0 saturated heterocycles. The molecule has 2 aromatic rings. The van der Waals surface area contributed by atoms with Gasteiger partial charge in [-0.1, -0.05) is 17.7 Å². The molecule has 0 radical (unpaired) electrons. The summed E-state index contributed by atoms with van der Waals surface area (Å²) in [6, 6.07) is 4.00. The molecular weight excluding hydrogens is 270 g/mol. The van der Waals surface area contributed by atoms with Gasteiger partial charge in [-0.3, -0.25) is 10.1 Å². The normalized spacial score (nSPS) is 10.9. The van der Waals surface area contributed by atoms with Gasteiger partial charge in [0.25, 0.3) is 5.69 Å². The smallest absolute Gasteiger partial charge is 0.258 e. The van der Waals surface area contributed by atoms with Crippen LogP contribution in [0.25, 0.3) is 11.4 Å². The highest BCUT2D eigenvalue weighted by Crippen LogP contribution is 2.33. The van der Waals surface area contributed by atoms with Crippen molar-refractivity contribution in [2.24, 2.45) is 0 Å². The zero-order valence-electron chi connectivity index (χ0n) is 8.63. The number of nitrogens with zero attached hydrogens (tertiary/aromatic N) is 4. The molecule has 0 spiro atoms. The largest absolute Gasteiger partial charge is 0.334 e. The lowest BCUT2D eigenvalue weighted by molar-refractivity contribution is -0.384. The third-order valence-corrected chi connectivity index (χ3v) is 2.52. The Morgan fingerprint density at radius 3 is 2.72 bits per heavy atom. The molecule has 0 aliphatic heterocycles. The predicted molar refractivity (Wildman–Crippen MR) is 58.4 cm³/mol. The Hall–Kier alpha value is -2.09. The van der Waals surface area contributed by atoms with E-state index in [-0.39, 0.29) is 22.1 Å². The molecule has 0 unspecified atom stereocenters. The van der Waals surface area contributed by atoms with Crippen molar-refractivity contribution >= 4 is 17.3 Å². The van der Waals surface area contributed by atoms with Gasteiger partial charge >= 0.3 is 6.55 Å². The fourth-order valence-corrected chi connectivity index (χ4v) is 1.61. The molecule has 0 fully saturated rings. The third kappa shape index (κ3) is 2.14. The van der Waals surface area contributed by atoms with Crippen LogP contribution in [0, 0.1) is 10.1 Å². The average Bonchev–Trinajstić information content (AvgIpc) is 2.78. The van der Waals surface area contributed by atoms with Gasteiger partial charge in [0.15, 0.2) is 5.82 Å². The number of halogens is 3. The molecule has 0 aliphatic carbocycles. The second kappa shape index (κ2) is 4.65. The number of alkyl halides is 2. The Morgan fingerprint density at radius 2 is 2.17 bits per heavy atom. The fourth-order valence-electron chi connectivity index (χ4n) is 1.33.